The molecule has 1 aromatic carbocycles. The molecule has 0 aromatic heterocycles. The van der Waals surface area contributed by atoms with E-state index < -0.39 is 5.97 Å². The zero-order valence-electron chi connectivity index (χ0n) is 10.5. The van der Waals surface area contributed by atoms with Crippen LogP contribution >= 0.6 is 0 Å². The Bertz CT molecular complexity index is 422. The highest BCUT2D eigenvalue weighted by atomic mass is 16.5. The van der Waals surface area contributed by atoms with Crippen LogP contribution < -0.4 is 4.74 Å². The second kappa shape index (κ2) is 5.87. The second-order valence-corrected chi connectivity index (χ2v) is 4.58. The van der Waals surface area contributed by atoms with Crippen molar-refractivity contribution in [3.8, 4) is 5.75 Å². The lowest BCUT2D eigenvalue weighted by molar-refractivity contribution is 0.0689. The van der Waals surface area contributed by atoms with Crippen LogP contribution in [-0.2, 0) is 4.74 Å². The molecule has 1 unspecified atom stereocenters. The van der Waals surface area contributed by atoms with Gasteiger partial charge in [-0.05, 0) is 31.9 Å². The van der Waals surface area contributed by atoms with Gasteiger partial charge in [-0.1, -0.05) is 11.6 Å². The third kappa shape index (κ3) is 3.23. The molecule has 1 fully saturated rings. The Morgan fingerprint density at radius 1 is 1.56 bits per heavy atom. The highest BCUT2D eigenvalue weighted by Gasteiger charge is 2.16. The Kier molecular flexibility index (Phi) is 4.20. The van der Waals surface area contributed by atoms with Crippen LogP contribution in [0.5, 0.6) is 5.75 Å². The number of aryl methyl sites for hydroxylation is 1. The number of aromatic carboxylic acids is 1. The van der Waals surface area contributed by atoms with Gasteiger partial charge in [-0.3, -0.25) is 0 Å². The van der Waals surface area contributed by atoms with Crippen LogP contribution in [0.25, 0.3) is 0 Å². The van der Waals surface area contributed by atoms with Gasteiger partial charge in [0.15, 0.2) is 0 Å². The van der Waals surface area contributed by atoms with Crippen molar-refractivity contribution in [3.05, 3.63) is 29.3 Å². The third-order valence-corrected chi connectivity index (χ3v) is 3.09. The van der Waals surface area contributed by atoms with E-state index in [4.69, 9.17) is 14.6 Å². The van der Waals surface area contributed by atoms with Gasteiger partial charge >= 0.3 is 5.97 Å². The molecule has 4 nitrogen and oxygen atoms in total. The lowest BCUT2D eigenvalue weighted by atomic mass is 10.1. The topological polar surface area (TPSA) is 55.8 Å². The van der Waals surface area contributed by atoms with Gasteiger partial charge in [0.1, 0.15) is 11.3 Å². The van der Waals surface area contributed by atoms with E-state index in [-0.39, 0.29) is 11.7 Å². The van der Waals surface area contributed by atoms with Gasteiger partial charge in [0.05, 0.1) is 12.7 Å². The van der Waals surface area contributed by atoms with E-state index in [1.165, 1.54) is 0 Å². The number of ether oxygens (including phenoxy) is 2. The first-order valence-electron chi connectivity index (χ1n) is 6.25. The highest BCUT2D eigenvalue weighted by molar-refractivity contribution is 5.91. The number of benzene rings is 1. The minimum absolute atomic E-state index is 0.224. The fourth-order valence-electron chi connectivity index (χ4n) is 2.11. The van der Waals surface area contributed by atoms with Gasteiger partial charge in [0.2, 0.25) is 0 Å². The molecule has 0 amide bonds. The Hall–Kier alpha value is -1.55. The molecule has 1 heterocycles. The van der Waals surface area contributed by atoms with Crippen LogP contribution in [0.2, 0.25) is 0 Å². The summed E-state index contributed by atoms with van der Waals surface area (Å²) in [5.41, 5.74) is 1.14. The average Bonchev–Trinajstić information content (AvgIpc) is 2.84. The summed E-state index contributed by atoms with van der Waals surface area (Å²) < 4.78 is 11.0. The molecule has 1 N–H and O–H groups in total. The first-order chi connectivity index (χ1) is 8.66. The predicted octanol–water partition coefficient (Wildman–Crippen LogP) is 2.64. The van der Waals surface area contributed by atoms with Gasteiger partial charge < -0.3 is 14.6 Å². The van der Waals surface area contributed by atoms with Crippen LogP contribution in [0.3, 0.4) is 0 Å². The zero-order valence-corrected chi connectivity index (χ0v) is 10.5. The molecule has 1 saturated heterocycles. The number of hydrogen-bond acceptors (Lipinski definition) is 3. The molecule has 2 rings (SSSR count). The van der Waals surface area contributed by atoms with Crippen molar-refractivity contribution in [2.45, 2.75) is 32.3 Å². The monoisotopic (exact) mass is 250 g/mol. The molecule has 4 heteroatoms. The lowest BCUT2D eigenvalue weighted by Crippen LogP contribution is -2.12. The predicted molar refractivity (Wildman–Crippen MR) is 67.2 cm³/mol. The summed E-state index contributed by atoms with van der Waals surface area (Å²) in [5, 5.41) is 9.10. The van der Waals surface area contributed by atoms with E-state index in [1.54, 1.807) is 12.1 Å². The molecule has 0 aliphatic carbocycles. The van der Waals surface area contributed by atoms with Crippen molar-refractivity contribution in [3.63, 3.8) is 0 Å². The summed E-state index contributed by atoms with van der Waals surface area (Å²) >= 11 is 0. The average molecular weight is 250 g/mol. The first-order valence-corrected chi connectivity index (χ1v) is 6.25. The Morgan fingerprint density at radius 2 is 2.39 bits per heavy atom. The molecule has 0 spiro atoms. The van der Waals surface area contributed by atoms with Gasteiger partial charge in [-0.25, -0.2) is 4.79 Å². The number of carboxylic acid groups (broad SMARTS) is 1. The quantitative estimate of drug-likeness (QED) is 0.872. The van der Waals surface area contributed by atoms with Gasteiger partial charge in [0.25, 0.3) is 0 Å². The summed E-state index contributed by atoms with van der Waals surface area (Å²) in [7, 11) is 0. The number of rotatable bonds is 5. The number of carboxylic acids is 1. The maximum Gasteiger partial charge on any atom is 0.339 e. The molecular weight excluding hydrogens is 232 g/mol. The van der Waals surface area contributed by atoms with E-state index in [1.807, 2.05) is 13.0 Å². The first kappa shape index (κ1) is 12.9. The second-order valence-electron chi connectivity index (χ2n) is 4.58. The summed E-state index contributed by atoms with van der Waals surface area (Å²) in [6, 6.07) is 5.20. The molecule has 1 atom stereocenters. The fourth-order valence-corrected chi connectivity index (χ4v) is 2.11. The molecule has 0 saturated carbocycles. The highest BCUT2D eigenvalue weighted by Crippen LogP contribution is 2.21. The summed E-state index contributed by atoms with van der Waals surface area (Å²) in [4.78, 5) is 11.1. The van der Waals surface area contributed by atoms with Gasteiger partial charge in [-0.2, -0.15) is 0 Å². The minimum Gasteiger partial charge on any atom is -0.493 e. The maximum atomic E-state index is 11.1. The Labute approximate surface area is 107 Å². The minimum atomic E-state index is -0.953. The van der Waals surface area contributed by atoms with Crippen LogP contribution in [0.1, 0.15) is 35.2 Å². The smallest absolute Gasteiger partial charge is 0.339 e. The van der Waals surface area contributed by atoms with Crippen LogP contribution in [0.4, 0.5) is 0 Å². The molecule has 98 valence electrons. The summed E-state index contributed by atoms with van der Waals surface area (Å²) in [6.45, 7) is 3.19. The maximum absolute atomic E-state index is 11.1. The molecule has 1 aliphatic heterocycles. The fraction of sp³-hybridized carbons (Fsp3) is 0.500. The zero-order chi connectivity index (χ0) is 13.0. The largest absolute Gasteiger partial charge is 0.493 e. The number of carbonyl (C=O) groups is 1. The van der Waals surface area contributed by atoms with Crippen molar-refractivity contribution in [1.82, 2.24) is 0 Å². The van der Waals surface area contributed by atoms with Gasteiger partial charge in [0, 0.05) is 13.0 Å². The van der Waals surface area contributed by atoms with Gasteiger partial charge in [-0.15, -0.1) is 0 Å². The molecule has 18 heavy (non-hydrogen) atoms. The van der Waals surface area contributed by atoms with E-state index in [9.17, 15) is 4.79 Å². The summed E-state index contributed by atoms with van der Waals surface area (Å²) in [6.07, 6.45) is 3.26. The van der Waals surface area contributed by atoms with Crippen LogP contribution in [0, 0.1) is 6.92 Å². The SMILES string of the molecule is Cc1ccc(OCCC2CCCO2)c(C(=O)O)c1. The van der Waals surface area contributed by atoms with Crippen molar-refractivity contribution >= 4 is 5.97 Å². The number of hydrogen-bond donors (Lipinski definition) is 1. The van der Waals surface area contributed by atoms with E-state index in [0.29, 0.717) is 12.4 Å². The van der Waals surface area contributed by atoms with Crippen LogP contribution in [-0.4, -0.2) is 30.4 Å². The van der Waals surface area contributed by atoms with E-state index in [2.05, 4.69) is 0 Å². The third-order valence-electron chi connectivity index (χ3n) is 3.09. The van der Waals surface area contributed by atoms with E-state index >= 15 is 0 Å². The normalized spacial score (nSPS) is 18.8. The standard InChI is InChI=1S/C14H18O4/c1-10-4-5-13(12(9-10)14(15)16)18-8-6-11-3-2-7-17-11/h4-5,9,11H,2-3,6-8H2,1H3,(H,15,16). The summed E-state index contributed by atoms with van der Waals surface area (Å²) in [5.74, 6) is -0.517. The molecule has 1 aromatic rings. The van der Waals surface area contributed by atoms with Crippen LogP contribution in [0.15, 0.2) is 18.2 Å². The van der Waals surface area contributed by atoms with Crippen molar-refractivity contribution in [2.24, 2.45) is 0 Å². The van der Waals surface area contributed by atoms with E-state index in [0.717, 1.165) is 31.4 Å². The molecule has 0 radical (unpaired) electrons. The Balaban J connectivity index is 1.93. The van der Waals surface area contributed by atoms with Crippen molar-refractivity contribution in [2.75, 3.05) is 13.2 Å². The van der Waals surface area contributed by atoms with Crippen molar-refractivity contribution in [1.29, 1.82) is 0 Å². The molecular formula is C14H18O4. The Morgan fingerprint density at radius 3 is 3.06 bits per heavy atom. The lowest BCUT2D eigenvalue weighted by Gasteiger charge is -2.12. The molecule has 1 aliphatic rings. The van der Waals surface area contributed by atoms with Crippen molar-refractivity contribution < 1.29 is 19.4 Å². The molecule has 0 bridgehead atoms.